The molecule has 1 amide bonds. The summed E-state index contributed by atoms with van der Waals surface area (Å²) in [6, 6.07) is 4.73. The lowest BCUT2D eigenvalue weighted by Gasteiger charge is -2.39. The van der Waals surface area contributed by atoms with Gasteiger partial charge in [0.1, 0.15) is 11.5 Å². The van der Waals surface area contributed by atoms with Gasteiger partial charge in [-0.05, 0) is 43.7 Å². The molecule has 0 atom stereocenters. The van der Waals surface area contributed by atoms with E-state index in [0.29, 0.717) is 11.7 Å². The number of nitrogens with one attached hydrogen (secondary N) is 1. The van der Waals surface area contributed by atoms with Gasteiger partial charge < -0.3 is 15.2 Å². The zero-order valence-corrected chi connectivity index (χ0v) is 14.1. The maximum Gasteiger partial charge on any atom is 0.255 e. The standard InChI is InChI=1S/C16H22BrNO3/c1-11-5-7-16(10-17,8-6-11)18-15(20)13-4-3-12(21-2)9-14(13)19/h3-4,9,11,19H,5-8,10H2,1-2H3,(H,18,20). The zero-order valence-electron chi connectivity index (χ0n) is 12.5. The molecule has 1 aromatic carbocycles. The maximum absolute atomic E-state index is 12.4. The van der Waals surface area contributed by atoms with E-state index < -0.39 is 0 Å². The summed E-state index contributed by atoms with van der Waals surface area (Å²) >= 11 is 3.53. The first-order valence-corrected chi connectivity index (χ1v) is 8.37. The molecule has 1 fully saturated rings. The van der Waals surface area contributed by atoms with Crippen LogP contribution < -0.4 is 10.1 Å². The minimum Gasteiger partial charge on any atom is -0.507 e. The average Bonchev–Trinajstić information content (AvgIpc) is 2.49. The summed E-state index contributed by atoms with van der Waals surface area (Å²) in [6.45, 7) is 2.25. The lowest BCUT2D eigenvalue weighted by atomic mass is 9.78. The highest BCUT2D eigenvalue weighted by molar-refractivity contribution is 9.09. The van der Waals surface area contributed by atoms with Gasteiger partial charge in [0.15, 0.2) is 0 Å². The number of alkyl halides is 1. The third-order valence-electron chi connectivity index (χ3n) is 4.32. The fourth-order valence-electron chi connectivity index (χ4n) is 2.75. The molecule has 0 radical (unpaired) electrons. The smallest absolute Gasteiger partial charge is 0.255 e. The van der Waals surface area contributed by atoms with Crippen molar-refractivity contribution in [1.82, 2.24) is 5.32 Å². The lowest BCUT2D eigenvalue weighted by Crippen LogP contribution is -2.52. The number of carbonyl (C=O) groups excluding carboxylic acids is 1. The van der Waals surface area contributed by atoms with Gasteiger partial charge in [-0.3, -0.25) is 4.79 Å². The molecule has 2 rings (SSSR count). The van der Waals surface area contributed by atoms with Crippen LogP contribution in [0.15, 0.2) is 18.2 Å². The van der Waals surface area contributed by atoms with Crippen LogP contribution in [0.25, 0.3) is 0 Å². The van der Waals surface area contributed by atoms with Gasteiger partial charge in [0, 0.05) is 11.4 Å². The predicted molar refractivity (Wildman–Crippen MR) is 86.3 cm³/mol. The zero-order chi connectivity index (χ0) is 15.5. The number of ether oxygens (including phenoxy) is 1. The van der Waals surface area contributed by atoms with Gasteiger partial charge in [0.25, 0.3) is 5.91 Å². The van der Waals surface area contributed by atoms with Crippen molar-refractivity contribution in [2.75, 3.05) is 12.4 Å². The molecule has 1 aliphatic carbocycles. The average molecular weight is 356 g/mol. The molecule has 1 aliphatic rings. The number of hydrogen-bond donors (Lipinski definition) is 2. The molecule has 2 N–H and O–H groups in total. The Morgan fingerprint density at radius 2 is 2.14 bits per heavy atom. The van der Waals surface area contributed by atoms with Crippen LogP contribution in [-0.4, -0.2) is 29.0 Å². The van der Waals surface area contributed by atoms with Crippen molar-refractivity contribution in [2.45, 2.75) is 38.1 Å². The second kappa shape index (κ2) is 6.69. The van der Waals surface area contributed by atoms with Crippen molar-refractivity contribution < 1.29 is 14.6 Å². The van der Waals surface area contributed by atoms with E-state index in [-0.39, 0.29) is 22.8 Å². The minimum atomic E-state index is -0.232. The van der Waals surface area contributed by atoms with Gasteiger partial charge in [0.2, 0.25) is 0 Å². The fourth-order valence-corrected chi connectivity index (χ4v) is 3.45. The monoisotopic (exact) mass is 355 g/mol. The number of halogens is 1. The van der Waals surface area contributed by atoms with Crippen LogP contribution in [0, 0.1) is 5.92 Å². The normalized spacial score (nSPS) is 25.4. The first kappa shape index (κ1) is 16.1. The third kappa shape index (κ3) is 3.70. The fraction of sp³-hybridized carbons (Fsp3) is 0.562. The largest absolute Gasteiger partial charge is 0.507 e. The van der Waals surface area contributed by atoms with E-state index in [2.05, 4.69) is 28.2 Å². The number of benzene rings is 1. The number of amides is 1. The molecule has 1 saturated carbocycles. The van der Waals surface area contributed by atoms with Crippen LogP contribution in [-0.2, 0) is 0 Å². The Bertz CT molecular complexity index is 510. The van der Waals surface area contributed by atoms with E-state index in [4.69, 9.17) is 4.74 Å². The van der Waals surface area contributed by atoms with E-state index in [1.165, 1.54) is 13.2 Å². The number of methoxy groups -OCH3 is 1. The second-order valence-electron chi connectivity index (χ2n) is 5.93. The molecule has 0 unspecified atom stereocenters. The van der Waals surface area contributed by atoms with Gasteiger partial charge in [-0.1, -0.05) is 22.9 Å². The number of carbonyl (C=O) groups is 1. The Hall–Kier alpha value is -1.23. The van der Waals surface area contributed by atoms with Gasteiger partial charge in [-0.2, -0.15) is 0 Å². The third-order valence-corrected chi connectivity index (χ3v) is 5.39. The molecule has 0 heterocycles. The summed E-state index contributed by atoms with van der Waals surface area (Å²) in [5.41, 5.74) is 0.0745. The highest BCUT2D eigenvalue weighted by Gasteiger charge is 2.35. The molecule has 0 aromatic heterocycles. The summed E-state index contributed by atoms with van der Waals surface area (Å²) in [4.78, 5) is 12.4. The SMILES string of the molecule is COc1ccc(C(=O)NC2(CBr)CCC(C)CC2)c(O)c1. The van der Waals surface area contributed by atoms with Crippen LogP contribution in [0.3, 0.4) is 0 Å². The van der Waals surface area contributed by atoms with Crippen molar-refractivity contribution in [3.8, 4) is 11.5 Å². The van der Waals surface area contributed by atoms with Gasteiger partial charge in [0.05, 0.1) is 18.2 Å². The van der Waals surface area contributed by atoms with Gasteiger partial charge in [-0.15, -0.1) is 0 Å². The molecule has 0 bridgehead atoms. The predicted octanol–water partition coefficient (Wildman–Crippen LogP) is 3.47. The van der Waals surface area contributed by atoms with Gasteiger partial charge >= 0.3 is 0 Å². The quantitative estimate of drug-likeness (QED) is 0.813. The molecule has 0 spiro atoms. The number of aromatic hydroxyl groups is 1. The molecule has 0 aliphatic heterocycles. The van der Waals surface area contributed by atoms with Crippen molar-refractivity contribution in [2.24, 2.45) is 5.92 Å². The Morgan fingerprint density at radius 1 is 1.48 bits per heavy atom. The minimum absolute atomic E-state index is 0.0549. The summed E-state index contributed by atoms with van der Waals surface area (Å²) in [5, 5.41) is 13.8. The molecular formula is C16H22BrNO3. The topological polar surface area (TPSA) is 58.6 Å². The molecule has 1 aromatic rings. The van der Waals surface area contributed by atoms with Crippen LogP contribution in [0.1, 0.15) is 43.0 Å². The Labute approximate surface area is 134 Å². The number of phenolic OH excluding ortho intramolecular Hbond substituents is 1. The van der Waals surface area contributed by atoms with E-state index in [0.717, 1.165) is 31.0 Å². The molecule has 5 heteroatoms. The van der Waals surface area contributed by atoms with Crippen molar-refractivity contribution in [3.05, 3.63) is 23.8 Å². The lowest BCUT2D eigenvalue weighted by molar-refractivity contribution is 0.0871. The van der Waals surface area contributed by atoms with Crippen LogP contribution in [0.5, 0.6) is 11.5 Å². The molecule has 116 valence electrons. The Balaban J connectivity index is 2.13. The first-order chi connectivity index (χ1) is 9.99. The first-order valence-electron chi connectivity index (χ1n) is 7.25. The molecular weight excluding hydrogens is 334 g/mol. The molecule has 21 heavy (non-hydrogen) atoms. The van der Waals surface area contributed by atoms with Crippen molar-refractivity contribution >= 4 is 21.8 Å². The van der Waals surface area contributed by atoms with Gasteiger partial charge in [-0.25, -0.2) is 0 Å². The van der Waals surface area contributed by atoms with E-state index in [1.807, 2.05) is 0 Å². The van der Waals surface area contributed by atoms with Crippen LogP contribution in [0.2, 0.25) is 0 Å². The van der Waals surface area contributed by atoms with E-state index in [1.54, 1.807) is 12.1 Å². The number of rotatable bonds is 4. The Kier molecular flexibility index (Phi) is 5.14. The maximum atomic E-state index is 12.4. The number of hydrogen-bond acceptors (Lipinski definition) is 3. The Morgan fingerprint density at radius 3 is 2.67 bits per heavy atom. The van der Waals surface area contributed by atoms with Crippen LogP contribution in [0.4, 0.5) is 0 Å². The van der Waals surface area contributed by atoms with Crippen molar-refractivity contribution in [1.29, 1.82) is 0 Å². The summed E-state index contributed by atoms with van der Waals surface area (Å²) in [5.74, 6) is 0.958. The molecule has 4 nitrogen and oxygen atoms in total. The number of phenols is 1. The molecule has 0 saturated heterocycles. The van der Waals surface area contributed by atoms with E-state index >= 15 is 0 Å². The van der Waals surface area contributed by atoms with Crippen molar-refractivity contribution in [3.63, 3.8) is 0 Å². The van der Waals surface area contributed by atoms with Crippen LogP contribution >= 0.6 is 15.9 Å². The highest BCUT2D eigenvalue weighted by Crippen LogP contribution is 2.34. The second-order valence-corrected chi connectivity index (χ2v) is 6.49. The summed E-state index contributed by atoms with van der Waals surface area (Å²) in [6.07, 6.45) is 4.14. The van der Waals surface area contributed by atoms with E-state index in [9.17, 15) is 9.90 Å². The summed E-state index contributed by atoms with van der Waals surface area (Å²) < 4.78 is 5.03. The highest BCUT2D eigenvalue weighted by atomic mass is 79.9. The summed E-state index contributed by atoms with van der Waals surface area (Å²) in [7, 11) is 1.53.